The predicted molar refractivity (Wildman–Crippen MR) is 77.0 cm³/mol. The molecule has 0 aromatic heterocycles. The highest BCUT2D eigenvalue weighted by molar-refractivity contribution is 5.96. The Balaban J connectivity index is 1.73. The summed E-state index contributed by atoms with van der Waals surface area (Å²) in [4.78, 5) is 23.8. The second-order valence-corrected chi connectivity index (χ2v) is 5.72. The van der Waals surface area contributed by atoms with Crippen molar-refractivity contribution in [2.45, 2.75) is 38.4 Å². The highest BCUT2D eigenvalue weighted by Gasteiger charge is 2.55. The van der Waals surface area contributed by atoms with Gasteiger partial charge in [-0.1, -0.05) is 19.1 Å². The van der Waals surface area contributed by atoms with Crippen LogP contribution < -0.4 is 5.32 Å². The number of carbonyl (C=O) groups excluding carboxylic acids is 1. The van der Waals surface area contributed by atoms with E-state index in [-0.39, 0.29) is 18.1 Å². The van der Waals surface area contributed by atoms with E-state index in [9.17, 15) is 14.7 Å². The topological polar surface area (TPSA) is 75.6 Å². The summed E-state index contributed by atoms with van der Waals surface area (Å²) >= 11 is 0. The summed E-state index contributed by atoms with van der Waals surface area (Å²) in [5.74, 6) is -2.51. The number of aliphatic carboxylic acids is 1. The minimum absolute atomic E-state index is 0.251. The normalized spacial score (nSPS) is 30.3. The lowest BCUT2D eigenvalue weighted by molar-refractivity contribution is -0.147. The Labute approximate surface area is 123 Å². The number of anilines is 1. The SMILES string of the molecule is CCc1ccc(NC(=O)[C@@H]2[C@@H](C(=O)O)[C@@H]3CC[C@H]2O3)cc1. The quantitative estimate of drug-likeness (QED) is 0.889. The van der Waals surface area contributed by atoms with Gasteiger partial charge in [-0.2, -0.15) is 0 Å². The number of ether oxygens (including phenoxy) is 1. The van der Waals surface area contributed by atoms with Crippen molar-refractivity contribution in [1.29, 1.82) is 0 Å². The van der Waals surface area contributed by atoms with Crippen LogP contribution in [0.25, 0.3) is 0 Å². The average Bonchev–Trinajstić information content (AvgIpc) is 3.08. The number of carbonyl (C=O) groups is 2. The zero-order chi connectivity index (χ0) is 15.0. The van der Waals surface area contributed by atoms with Crippen molar-refractivity contribution >= 4 is 17.6 Å². The average molecular weight is 289 g/mol. The van der Waals surface area contributed by atoms with E-state index >= 15 is 0 Å². The Hall–Kier alpha value is -1.88. The standard InChI is InChI=1S/C16H19NO4/c1-2-9-3-5-10(6-4-9)17-15(18)13-11-7-8-12(21-11)14(13)16(19)20/h3-6,11-14H,2,7-8H2,1H3,(H,17,18)(H,19,20)/t11-,12+,13+,14+/m1/s1. The summed E-state index contributed by atoms with van der Waals surface area (Å²) in [7, 11) is 0. The number of hydrogen-bond acceptors (Lipinski definition) is 3. The van der Waals surface area contributed by atoms with Crippen LogP contribution in [0.3, 0.4) is 0 Å². The van der Waals surface area contributed by atoms with Crippen LogP contribution in [-0.2, 0) is 20.7 Å². The molecule has 21 heavy (non-hydrogen) atoms. The molecule has 4 atom stereocenters. The minimum Gasteiger partial charge on any atom is -0.481 e. The second kappa shape index (κ2) is 5.48. The Morgan fingerprint density at radius 2 is 1.81 bits per heavy atom. The zero-order valence-electron chi connectivity index (χ0n) is 11.9. The summed E-state index contributed by atoms with van der Waals surface area (Å²) in [6, 6.07) is 7.62. The van der Waals surface area contributed by atoms with E-state index in [2.05, 4.69) is 12.2 Å². The molecule has 0 radical (unpaired) electrons. The summed E-state index contributed by atoms with van der Waals surface area (Å²) < 4.78 is 5.61. The van der Waals surface area contributed by atoms with Crippen molar-refractivity contribution in [3.05, 3.63) is 29.8 Å². The fourth-order valence-corrected chi connectivity index (χ4v) is 3.37. The molecule has 5 nitrogen and oxygen atoms in total. The third-order valence-corrected chi connectivity index (χ3v) is 4.49. The maximum Gasteiger partial charge on any atom is 0.310 e. The molecule has 5 heteroatoms. The highest BCUT2D eigenvalue weighted by Crippen LogP contribution is 2.44. The molecule has 3 rings (SSSR count). The number of carboxylic acid groups (broad SMARTS) is 1. The van der Waals surface area contributed by atoms with Gasteiger partial charge in [0.05, 0.1) is 24.0 Å². The molecule has 1 amide bonds. The van der Waals surface area contributed by atoms with Gasteiger partial charge in [-0.3, -0.25) is 9.59 Å². The monoisotopic (exact) mass is 289 g/mol. The van der Waals surface area contributed by atoms with Gasteiger partial charge < -0.3 is 15.2 Å². The third-order valence-electron chi connectivity index (χ3n) is 4.49. The predicted octanol–water partition coefficient (Wildman–Crippen LogP) is 2.07. The van der Waals surface area contributed by atoms with Crippen molar-refractivity contribution in [3.63, 3.8) is 0 Å². The molecule has 2 aliphatic rings. The summed E-state index contributed by atoms with van der Waals surface area (Å²) in [6.45, 7) is 2.07. The first-order valence-electron chi connectivity index (χ1n) is 7.38. The molecule has 2 bridgehead atoms. The number of amides is 1. The molecule has 2 heterocycles. The Morgan fingerprint density at radius 1 is 1.19 bits per heavy atom. The van der Waals surface area contributed by atoms with Crippen LogP contribution >= 0.6 is 0 Å². The third kappa shape index (κ3) is 2.53. The number of carboxylic acids is 1. The van der Waals surface area contributed by atoms with Gasteiger partial charge in [-0.15, -0.1) is 0 Å². The van der Waals surface area contributed by atoms with E-state index in [0.717, 1.165) is 19.3 Å². The maximum atomic E-state index is 12.4. The molecule has 0 unspecified atom stereocenters. The molecule has 0 saturated carbocycles. The van der Waals surface area contributed by atoms with Crippen LogP contribution in [0, 0.1) is 11.8 Å². The fraction of sp³-hybridized carbons (Fsp3) is 0.500. The molecule has 2 saturated heterocycles. The summed E-state index contributed by atoms with van der Waals surface area (Å²) in [6.07, 6.45) is 1.87. The Morgan fingerprint density at radius 3 is 2.38 bits per heavy atom. The van der Waals surface area contributed by atoms with E-state index in [1.165, 1.54) is 5.56 Å². The smallest absolute Gasteiger partial charge is 0.310 e. The Bertz CT molecular complexity index is 554. The van der Waals surface area contributed by atoms with Gasteiger partial charge in [0.2, 0.25) is 5.91 Å². The van der Waals surface area contributed by atoms with Crippen molar-refractivity contribution < 1.29 is 19.4 Å². The number of rotatable bonds is 4. The van der Waals surface area contributed by atoms with Crippen LogP contribution in [-0.4, -0.2) is 29.2 Å². The zero-order valence-corrected chi connectivity index (χ0v) is 11.9. The molecule has 1 aromatic rings. The van der Waals surface area contributed by atoms with Gasteiger partial charge in [0.25, 0.3) is 0 Å². The van der Waals surface area contributed by atoms with Crippen LogP contribution in [0.1, 0.15) is 25.3 Å². The van der Waals surface area contributed by atoms with E-state index in [0.29, 0.717) is 5.69 Å². The van der Waals surface area contributed by atoms with Crippen LogP contribution in [0.2, 0.25) is 0 Å². The minimum atomic E-state index is -0.941. The van der Waals surface area contributed by atoms with Crippen LogP contribution in [0.5, 0.6) is 0 Å². The van der Waals surface area contributed by atoms with Crippen molar-refractivity contribution in [2.24, 2.45) is 11.8 Å². The lowest BCUT2D eigenvalue weighted by atomic mass is 9.78. The van der Waals surface area contributed by atoms with Crippen LogP contribution in [0.15, 0.2) is 24.3 Å². The van der Waals surface area contributed by atoms with Gasteiger partial charge in [-0.05, 0) is 37.0 Å². The molecule has 112 valence electrons. The molecule has 1 aromatic carbocycles. The van der Waals surface area contributed by atoms with Crippen molar-refractivity contribution in [2.75, 3.05) is 5.32 Å². The summed E-state index contributed by atoms with van der Waals surface area (Å²) in [5, 5.41) is 12.2. The van der Waals surface area contributed by atoms with Gasteiger partial charge >= 0.3 is 5.97 Å². The summed E-state index contributed by atoms with van der Waals surface area (Å²) in [5.41, 5.74) is 1.89. The Kier molecular flexibility index (Phi) is 3.68. The van der Waals surface area contributed by atoms with Gasteiger partial charge in [0.15, 0.2) is 0 Å². The molecular formula is C16H19NO4. The lowest BCUT2D eigenvalue weighted by Crippen LogP contribution is -2.40. The van der Waals surface area contributed by atoms with Gasteiger partial charge in [0.1, 0.15) is 0 Å². The number of fused-ring (bicyclic) bond motifs is 2. The molecule has 0 spiro atoms. The van der Waals surface area contributed by atoms with Gasteiger partial charge in [0, 0.05) is 5.69 Å². The first kappa shape index (κ1) is 14.1. The largest absolute Gasteiger partial charge is 0.481 e. The first-order valence-corrected chi connectivity index (χ1v) is 7.38. The molecular weight excluding hydrogens is 270 g/mol. The number of hydrogen-bond donors (Lipinski definition) is 2. The molecule has 2 fully saturated rings. The lowest BCUT2D eigenvalue weighted by Gasteiger charge is -2.23. The van der Waals surface area contributed by atoms with Crippen LogP contribution in [0.4, 0.5) is 5.69 Å². The first-order chi connectivity index (χ1) is 10.1. The van der Waals surface area contributed by atoms with Crippen molar-refractivity contribution in [3.8, 4) is 0 Å². The number of aryl methyl sites for hydroxylation is 1. The van der Waals surface area contributed by atoms with E-state index in [1.807, 2.05) is 24.3 Å². The number of nitrogens with one attached hydrogen (secondary N) is 1. The van der Waals surface area contributed by atoms with E-state index in [4.69, 9.17) is 4.74 Å². The molecule has 2 N–H and O–H groups in total. The highest BCUT2D eigenvalue weighted by atomic mass is 16.5. The van der Waals surface area contributed by atoms with Crippen molar-refractivity contribution in [1.82, 2.24) is 0 Å². The molecule has 2 aliphatic heterocycles. The van der Waals surface area contributed by atoms with Gasteiger partial charge in [-0.25, -0.2) is 0 Å². The maximum absolute atomic E-state index is 12.4. The number of benzene rings is 1. The fourth-order valence-electron chi connectivity index (χ4n) is 3.37. The van der Waals surface area contributed by atoms with E-state index in [1.54, 1.807) is 0 Å². The second-order valence-electron chi connectivity index (χ2n) is 5.72. The van der Waals surface area contributed by atoms with E-state index < -0.39 is 17.8 Å². The molecule has 0 aliphatic carbocycles.